The molecule has 2 amide bonds. The van der Waals surface area contributed by atoms with E-state index in [1.807, 2.05) is 6.07 Å². The standard InChI is InChI=1S/C10H13N3O4/c11-4-1-5-12-8(14)6-13-7(10(16)17)2-3-9(13)15/h7H,1-3,5-6H2,(H,12,14)(H,16,17). The van der Waals surface area contributed by atoms with Crippen molar-refractivity contribution >= 4 is 17.8 Å². The summed E-state index contributed by atoms with van der Waals surface area (Å²) < 4.78 is 0. The number of carboxylic acids is 1. The van der Waals surface area contributed by atoms with Gasteiger partial charge in [0.25, 0.3) is 0 Å². The third-order valence-electron chi connectivity index (χ3n) is 2.49. The van der Waals surface area contributed by atoms with E-state index in [2.05, 4.69) is 5.32 Å². The molecule has 17 heavy (non-hydrogen) atoms. The molecule has 1 heterocycles. The second-order valence-corrected chi connectivity index (χ2v) is 3.67. The summed E-state index contributed by atoms with van der Waals surface area (Å²) in [6.45, 7) is -0.0592. The minimum absolute atomic E-state index is 0.155. The van der Waals surface area contributed by atoms with Gasteiger partial charge in [0.1, 0.15) is 12.6 Å². The summed E-state index contributed by atoms with van der Waals surface area (Å²) in [5.74, 6) is -1.87. The number of carbonyl (C=O) groups excluding carboxylic acids is 2. The summed E-state index contributed by atoms with van der Waals surface area (Å²) >= 11 is 0. The van der Waals surface area contributed by atoms with Gasteiger partial charge in [-0.2, -0.15) is 5.26 Å². The molecule has 0 aromatic carbocycles. The number of nitrogens with one attached hydrogen (secondary N) is 1. The average Bonchev–Trinajstić information content (AvgIpc) is 2.61. The first kappa shape index (κ1) is 13.0. The van der Waals surface area contributed by atoms with Gasteiger partial charge in [-0.1, -0.05) is 0 Å². The highest BCUT2D eigenvalue weighted by Gasteiger charge is 2.36. The lowest BCUT2D eigenvalue weighted by molar-refractivity contribution is -0.147. The monoisotopic (exact) mass is 239 g/mol. The van der Waals surface area contributed by atoms with Gasteiger partial charge < -0.3 is 15.3 Å². The maximum absolute atomic E-state index is 11.4. The summed E-state index contributed by atoms with van der Waals surface area (Å²) in [7, 11) is 0. The van der Waals surface area contributed by atoms with E-state index in [1.54, 1.807) is 0 Å². The molecule has 1 aliphatic rings. The van der Waals surface area contributed by atoms with Crippen LogP contribution in [0, 0.1) is 11.3 Å². The molecule has 1 atom stereocenters. The first-order valence-electron chi connectivity index (χ1n) is 5.22. The number of amides is 2. The summed E-state index contributed by atoms with van der Waals surface area (Å²) in [5, 5.41) is 19.6. The van der Waals surface area contributed by atoms with Crippen molar-refractivity contribution in [2.45, 2.75) is 25.3 Å². The highest BCUT2D eigenvalue weighted by molar-refractivity contribution is 5.91. The van der Waals surface area contributed by atoms with Crippen LogP contribution in [0.25, 0.3) is 0 Å². The lowest BCUT2D eigenvalue weighted by Crippen LogP contribution is -2.45. The van der Waals surface area contributed by atoms with Crippen LogP contribution in [0.3, 0.4) is 0 Å². The Morgan fingerprint density at radius 1 is 1.59 bits per heavy atom. The molecule has 1 rings (SSSR count). The van der Waals surface area contributed by atoms with E-state index >= 15 is 0 Å². The van der Waals surface area contributed by atoms with Gasteiger partial charge in [0.2, 0.25) is 11.8 Å². The van der Waals surface area contributed by atoms with Gasteiger partial charge in [0, 0.05) is 13.0 Å². The Labute approximate surface area is 98.0 Å². The smallest absolute Gasteiger partial charge is 0.326 e. The molecule has 92 valence electrons. The van der Waals surface area contributed by atoms with Crippen LogP contribution in [0.15, 0.2) is 0 Å². The van der Waals surface area contributed by atoms with Crippen molar-refractivity contribution in [1.82, 2.24) is 10.2 Å². The highest BCUT2D eigenvalue weighted by Crippen LogP contribution is 2.18. The molecule has 1 fully saturated rings. The number of nitrogens with zero attached hydrogens (tertiary/aromatic N) is 2. The van der Waals surface area contributed by atoms with Crippen molar-refractivity contribution in [3.63, 3.8) is 0 Å². The summed E-state index contributed by atoms with van der Waals surface area (Å²) in [4.78, 5) is 34.7. The zero-order chi connectivity index (χ0) is 12.8. The second kappa shape index (κ2) is 5.84. The van der Waals surface area contributed by atoms with Crippen molar-refractivity contribution in [1.29, 1.82) is 5.26 Å². The average molecular weight is 239 g/mol. The number of hydrogen-bond donors (Lipinski definition) is 2. The Hall–Kier alpha value is -2.10. The molecular formula is C10H13N3O4. The summed E-state index contributed by atoms with van der Waals surface area (Å²) in [5.41, 5.74) is 0. The number of rotatable bonds is 5. The predicted octanol–water partition coefficient (Wildman–Crippen LogP) is -0.908. The summed E-state index contributed by atoms with van der Waals surface area (Å²) in [6, 6.07) is 0.950. The van der Waals surface area contributed by atoms with Crippen LogP contribution in [0.5, 0.6) is 0 Å². The molecule has 1 aliphatic heterocycles. The van der Waals surface area contributed by atoms with Crippen molar-refractivity contribution in [2.75, 3.05) is 13.1 Å². The van der Waals surface area contributed by atoms with Gasteiger partial charge in [-0.05, 0) is 6.42 Å². The Bertz CT molecular complexity index is 374. The predicted molar refractivity (Wildman–Crippen MR) is 55.6 cm³/mol. The Kier molecular flexibility index (Phi) is 4.46. The molecular weight excluding hydrogens is 226 g/mol. The van der Waals surface area contributed by atoms with Gasteiger partial charge >= 0.3 is 5.97 Å². The van der Waals surface area contributed by atoms with Gasteiger partial charge in [-0.3, -0.25) is 9.59 Å². The SMILES string of the molecule is N#CCCNC(=O)CN1C(=O)CCC1C(=O)O. The zero-order valence-corrected chi connectivity index (χ0v) is 9.18. The van der Waals surface area contributed by atoms with Crippen molar-refractivity contribution in [3.8, 4) is 6.07 Å². The highest BCUT2D eigenvalue weighted by atomic mass is 16.4. The molecule has 1 unspecified atom stereocenters. The van der Waals surface area contributed by atoms with Crippen molar-refractivity contribution in [3.05, 3.63) is 0 Å². The van der Waals surface area contributed by atoms with Crippen molar-refractivity contribution in [2.24, 2.45) is 0 Å². The number of carboxylic acid groups (broad SMARTS) is 1. The van der Waals surface area contributed by atoms with E-state index in [4.69, 9.17) is 10.4 Å². The maximum atomic E-state index is 11.4. The van der Waals surface area contributed by atoms with E-state index < -0.39 is 17.9 Å². The fraction of sp³-hybridized carbons (Fsp3) is 0.600. The lowest BCUT2D eigenvalue weighted by Gasteiger charge is -2.20. The van der Waals surface area contributed by atoms with Crippen LogP contribution in [0.4, 0.5) is 0 Å². The zero-order valence-electron chi connectivity index (χ0n) is 9.18. The number of aliphatic carboxylic acids is 1. The molecule has 0 radical (unpaired) electrons. The molecule has 0 bridgehead atoms. The van der Waals surface area contributed by atoms with Crippen LogP contribution in [0.2, 0.25) is 0 Å². The minimum Gasteiger partial charge on any atom is -0.480 e. The number of hydrogen-bond acceptors (Lipinski definition) is 4. The van der Waals surface area contributed by atoms with Gasteiger partial charge in [0.05, 0.1) is 12.5 Å². The third kappa shape index (κ3) is 3.45. The Morgan fingerprint density at radius 2 is 2.29 bits per heavy atom. The first-order chi connectivity index (χ1) is 8.06. The third-order valence-corrected chi connectivity index (χ3v) is 2.49. The van der Waals surface area contributed by atoms with Crippen LogP contribution >= 0.6 is 0 Å². The van der Waals surface area contributed by atoms with E-state index in [0.29, 0.717) is 0 Å². The Morgan fingerprint density at radius 3 is 2.88 bits per heavy atom. The summed E-state index contributed by atoms with van der Waals surface area (Å²) in [6.07, 6.45) is 0.574. The van der Waals surface area contributed by atoms with E-state index in [1.165, 1.54) is 0 Å². The second-order valence-electron chi connectivity index (χ2n) is 3.67. The van der Waals surface area contributed by atoms with Crippen LogP contribution in [-0.2, 0) is 14.4 Å². The van der Waals surface area contributed by atoms with Crippen LogP contribution in [-0.4, -0.2) is 46.9 Å². The first-order valence-corrected chi connectivity index (χ1v) is 5.22. The fourth-order valence-electron chi connectivity index (χ4n) is 1.66. The van der Waals surface area contributed by atoms with Gasteiger partial charge in [0.15, 0.2) is 0 Å². The minimum atomic E-state index is -1.10. The molecule has 7 heteroatoms. The Balaban J connectivity index is 2.48. The van der Waals surface area contributed by atoms with E-state index in [-0.39, 0.29) is 38.3 Å². The quantitative estimate of drug-likeness (QED) is 0.603. The molecule has 0 saturated carbocycles. The number of carbonyl (C=O) groups is 3. The molecule has 0 aromatic rings. The molecule has 0 aliphatic carbocycles. The van der Waals surface area contributed by atoms with Crippen LogP contribution in [0.1, 0.15) is 19.3 Å². The molecule has 1 saturated heterocycles. The van der Waals surface area contributed by atoms with Crippen LogP contribution < -0.4 is 5.32 Å². The lowest BCUT2D eigenvalue weighted by atomic mass is 10.2. The largest absolute Gasteiger partial charge is 0.480 e. The molecule has 7 nitrogen and oxygen atoms in total. The van der Waals surface area contributed by atoms with Gasteiger partial charge in [-0.15, -0.1) is 0 Å². The molecule has 0 spiro atoms. The maximum Gasteiger partial charge on any atom is 0.326 e. The van der Waals surface area contributed by atoms with E-state index in [9.17, 15) is 14.4 Å². The molecule has 2 N–H and O–H groups in total. The number of likely N-dealkylation sites (tertiary alicyclic amines) is 1. The normalized spacial score (nSPS) is 18.9. The molecule has 0 aromatic heterocycles. The fourth-order valence-corrected chi connectivity index (χ4v) is 1.66. The van der Waals surface area contributed by atoms with Crippen molar-refractivity contribution < 1.29 is 19.5 Å². The van der Waals surface area contributed by atoms with E-state index in [0.717, 1.165) is 4.90 Å². The topological polar surface area (TPSA) is 111 Å². The number of nitriles is 1. The van der Waals surface area contributed by atoms with Gasteiger partial charge in [-0.25, -0.2) is 4.79 Å².